The van der Waals surface area contributed by atoms with E-state index in [1.165, 1.54) is 4.31 Å². The normalized spacial score (nSPS) is 25.0. The average molecular weight is 300 g/mol. The Balaban J connectivity index is 1.90. The minimum absolute atomic E-state index is 0.0821. The van der Waals surface area contributed by atoms with Crippen molar-refractivity contribution in [3.63, 3.8) is 0 Å². The molecular weight excluding hydrogens is 280 g/mol. The maximum atomic E-state index is 12.6. The summed E-state index contributed by atoms with van der Waals surface area (Å²) >= 11 is 0. The number of morpholine rings is 1. The molecule has 1 atom stereocenters. The van der Waals surface area contributed by atoms with Gasteiger partial charge in [-0.3, -0.25) is 0 Å². The van der Waals surface area contributed by atoms with Crippen LogP contribution in [0.4, 0.5) is 0 Å². The van der Waals surface area contributed by atoms with Crippen LogP contribution in [-0.2, 0) is 21.4 Å². The van der Waals surface area contributed by atoms with Crippen molar-refractivity contribution in [3.05, 3.63) is 18.0 Å². The summed E-state index contributed by atoms with van der Waals surface area (Å²) in [7, 11) is -3.49. The molecule has 1 aliphatic carbocycles. The highest BCUT2D eigenvalue weighted by Crippen LogP contribution is 2.37. The summed E-state index contributed by atoms with van der Waals surface area (Å²) in [6.45, 7) is 2.93. The van der Waals surface area contributed by atoms with Crippen molar-refractivity contribution in [2.24, 2.45) is 0 Å². The molecule has 1 saturated heterocycles. The molecule has 7 heteroatoms. The monoisotopic (exact) mass is 300 g/mol. The number of nitrogens with zero attached hydrogens (tertiary/aromatic N) is 2. The third-order valence-electron chi connectivity index (χ3n) is 3.85. The number of ether oxygens (including phenoxy) is 1. The van der Waals surface area contributed by atoms with Crippen LogP contribution in [0, 0.1) is 0 Å². The first kappa shape index (κ1) is 14.1. The lowest BCUT2D eigenvalue weighted by molar-refractivity contribution is 0.0102. The molecule has 0 bridgehead atoms. The Morgan fingerprint density at radius 3 is 2.80 bits per heavy atom. The zero-order valence-corrected chi connectivity index (χ0v) is 12.3. The summed E-state index contributed by atoms with van der Waals surface area (Å²) in [5, 5.41) is 9.38. The van der Waals surface area contributed by atoms with Crippen LogP contribution in [0.5, 0.6) is 0 Å². The van der Waals surface area contributed by atoms with Gasteiger partial charge in [0, 0.05) is 31.0 Å². The quantitative estimate of drug-likeness (QED) is 0.889. The van der Waals surface area contributed by atoms with Crippen molar-refractivity contribution in [2.45, 2.75) is 43.4 Å². The molecular formula is C13H20N2O4S. The van der Waals surface area contributed by atoms with Crippen LogP contribution >= 0.6 is 0 Å². The van der Waals surface area contributed by atoms with Gasteiger partial charge in [0.25, 0.3) is 0 Å². The maximum absolute atomic E-state index is 12.6. The van der Waals surface area contributed by atoms with Crippen molar-refractivity contribution >= 4 is 10.0 Å². The highest BCUT2D eigenvalue weighted by atomic mass is 32.2. The molecule has 1 saturated carbocycles. The molecule has 112 valence electrons. The van der Waals surface area contributed by atoms with Gasteiger partial charge < -0.3 is 14.4 Å². The SMILES string of the molecule is CC1CN(S(=O)(=O)c2cc(CO)n(C3CC3)c2)CCO1. The van der Waals surface area contributed by atoms with Gasteiger partial charge in [-0.25, -0.2) is 8.42 Å². The minimum Gasteiger partial charge on any atom is -0.390 e. The molecule has 0 spiro atoms. The lowest BCUT2D eigenvalue weighted by atomic mass is 10.3. The van der Waals surface area contributed by atoms with E-state index in [9.17, 15) is 13.5 Å². The summed E-state index contributed by atoms with van der Waals surface area (Å²) < 4.78 is 34.0. The Morgan fingerprint density at radius 2 is 2.20 bits per heavy atom. The molecule has 0 aromatic carbocycles. The molecule has 20 heavy (non-hydrogen) atoms. The highest BCUT2D eigenvalue weighted by molar-refractivity contribution is 7.89. The Hall–Kier alpha value is -0.890. The fourth-order valence-corrected chi connectivity index (χ4v) is 4.16. The fraction of sp³-hybridized carbons (Fsp3) is 0.692. The second kappa shape index (κ2) is 5.14. The van der Waals surface area contributed by atoms with Crippen molar-refractivity contribution in [3.8, 4) is 0 Å². The van der Waals surface area contributed by atoms with Crippen LogP contribution in [0.3, 0.4) is 0 Å². The predicted octanol–water partition coefficient (Wildman–Crippen LogP) is 0.725. The number of hydrogen-bond donors (Lipinski definition) is 1. The van der Waals surface area contributed by atoms with Crippen LogP contribution in [-0.4, -0.2) is 48.2 Å². The van der Waals surface area contributed by atoms with Gasteiger partial charge in [-0.15, -0.1) is 0 Å². The highest BCUT2D eigenvalue weighted by Gasteiger charge is 2.32. The molecule has 1 aliphatic heterocycles. The molecule has 2 aliphatic rings. The predicted molar refractivity (Wildman–Crippen MR) is 72.8 cm³/mol. The smallest absolute Gasteiger partial charge is 0.244 e. The first-order chi connectivity index (χ1) is 9.52. The molecule has 6 nitrogen and oxygen atoms in total. The van der Waals surface area contributed by atoms with Gasteiger partial charge in [0.15, 0.2) is 0 Å². The number of aromatic nitrogens is 1. The largest absolute Gasteiger partial charge is 0.390 e. The average Bonchev–Trinajstić information content (AvgIpc) is 3.17. The number of hydrogen-bond acceptors (Lipinski definition) is 4. The van der Waals surface area contributed by atoms with Gasteiger partial charge in [0.05, 0.1) is 19.3 Å². The molecule has 2 fully saturated rings. The molecule has 1 aromatic rings. The Morgan fingerprint density at radius 1 is 1.45 bits per heavy atom. The van der Waals surface area contributed by atoms with E-state index in [0.717, 1.165) is 12.8 Å². The number of rotatable bonds is 4. The zero-order valence-electron chi connectivity index (χ0n) is 11.5. The Bertz CT molecular complexity index is 592. The lowest BCUT2D eigenvalue weighted by Crippen LogP contribution is -2.44. The van der Waals surface area contributed by atoms with Gasteiger partial charge in [0.2, 0.25) is 10.0 Å². The van der Waals surface area contributed by atoms with Crippen LogP contribution < -0.4 is 0 Å². The summed E-state index contributed by atoms with van der Waals surface area (Å²) in [5.74, 6) is 0. The molecule has 0 amide bonds. The van der Waals surface area contributed by atoms with E-state index in [4.69, 9.17) is 4.74 Å². The van der Waals surface area contributed by atoms with E-state index >= 15 is 0 Å². The van der Waals surface area contributed by atoms with E-state index in [2.05, 4.69) is 0 Å². The first-order valence-electron chi connectivity index (χ1n) is 6.95. The van der Waals surface area contributed by atoms with Crippen molar-refractivity contribution in [2.75, 3.05) is 19.7 Å². The van der Waals surface area contributed by atoms with E-state index in [0.29, 0.717) is 31.4 Å². The minimum atomic E-state index is -3.49. The van der Waals surface area contributed by atoms with Crippen LogP contribution in [0.15, 0.2) is 17.2 Å². The number of aliphatic hydroxyl groups is 1. The number of aliphatic hydroxyl groups excluding tert-OH is 1. The van der Waals surface area contributed by atoms with Gasteiger partial charge in [0.1, 0.15) is 4.90 Å². The fourth-order valence-electron chi connectivity index (χ4n) is 2.61. The second-order valence-corrected chi connectivity index (χ2v) is 7.45. The molecule has 1 aromatic heterocycles. The van der Waals surface area contributed by atoms with E-state index in [-0.39, 0.29) is 17.6 Å². The molecule has 0 radical (unpaired) electrons. The van der Waals surface area contributed by atoms with Gasteiger partial charge in [-0.05, 0) is 25.8 Å². The van der Waals surface area contributed by atoms with E-state index < -0.39 is 10.0 Å². The third-order valence-corrected chi connectivity index (χ3v) is 5.68. The van der Waals surface area contributed by atoms with Crippen molar-refractivity contribution in [1.82, 2.24) is 8.87 Å². The first-order valence-corrected chi connectivity index (χ1v) is 8.39. The Labute approximate surface area is 119 Å². The maximum Gasteiger partial charge on any atom is 0.244 e. The van der Waals surface area contributed by atoms with Gasteiger partial charge in [-0.2, -0.15) is 4.31 Å². The van der Waals surface area contributed by atoms with Crippen LogP contribution in [0.25, 0.3) is 0 Å². The molecule has 1 N–H and O–H groups in total. The van der Waals surface area contributed by atoms with Gasteiger partial charge >= 0.3 is 0 Å². The summed E-state index contributed by atoms with van der Waals surface area (Å²) in [6.07, 6.45) is 3.69. The molecule has 3 rings (SSSR count). The zero-order chi connectivity index (χ0) is 14.3. The second-order valence-electron chi connectivity index (χ2n) is 5.51. The topological polar surface area (TPSA) is 71.8 Å². The van der Waals surface area contributed by atoms with Crippen molar-refractivity contribution < 1.29 is 18.3 Å². The lowest BCUT2D eigenvalue weighted by Gasteiger charge is -2.29. The van der Waals surface area contributed by atoms with E-state index in [1.807, 2.05) is 11.5 Å². The van der Waals surface area contributed by atoms with Crippen LogP contribution in [0.2, 0.25) is 0 Å². The van der Waals surface area contributed by atoms with Crippen LogP contribution in [0.1, 0.15) is 31.5 Å². The van der Waals surface area contributed by atoms with E-state index in [1.54, 1.807) is 12.3 Å². The molecule has 2 heterocycles. The summed E-state index contributed by atoms with van der Waals surface area (Å²) in [6, 6.07) is 1.94. The third kappa shape index (κ3) is 2.50. The number of sulfonamides is 1. The summed E-state index contributed by atoms with van der Waals surface area (Å²) in [4.78, 5) is 0.280. The Kier molecular flexibility index (Phi) is 3.62. The van der Waals surface area contributed by atoms with Crippen molar-refractivity contribution in [1.29, 1.82) is 0 Å². The summed E-state index contributed by atoms with van der Waals surface area (Å²) in [5.41, 5.74) is 0.674. The van der Waals surface area contributed by atoms with Gasteiger partial charge in [-0.1, -0.05) is 0 Å². The standard InChI is InChI=1S/C13H20N2O4S/c1-10-7-14(4-5-19-10)20(17,18)13-6-12(9-16)15(8-13)11-2-3-11/h6,8,10-11,16H,2-5,7,9H2,1H3. The molecule has 1 unspecified atom stereocenters.